The molecule has 0 saturated carbocycles. The van der Waals surface area contributed by atoms with E-state index in [2.05, 4.69) is 5.32 Å². The number of amides is 2. The zero-order chi connectivity index (χ0) is 31.1. The lowest BCUT2D eigenvalue weighted by molar-refractivity contribution is -0.142. The molecule has 0 radical (unpaired) electrons. The minimum atomic E-state index is -3.58. The summed E-state index contributed by atoms with van der Waals surface area (Å²) in [6.45, 7) is 9.97. The third-order valence-corrected chi connectivity index (χ3v) is 8.41. The van der Waals surface area contributed by atoms with E-state index in [1.54, 1.807) is 23.1 Å². The highest BCUT2D eigenvalue weighted by atomic mass is 35.5. The predicted octanol–water partition coefficient (Wildman–Crippen LogP) is 6.06. The van der Waals surface area contributed by atoms with Crippen molar-refractivity contribution in [2.75, 3.05) is 17.1 Å². The fourth-order valence-corrected chi connectivity index (χ4v) is 5.76. The SMILES string of the molecule is Cc1ccc(N(CCCC(=O)N(Cc2ccc(Cl)cc2)[C@H](Cc2ccccc2)C(=O)NC(C)(C)C)S(C)(=O)=O)cc1C. The van der Waals surface area contributed by atoms with Crippen molar-refractivity contribution in [2.24, 2.45) is 0 Å². The molecule has 3 aromatic rings. The second-order valence-corrected chi connectivity index (χ2v) is 14.1. The van der Waals surface area contributed by atoms with Crippen molar-refractivity contribution in [3.63, 3.8) is 0 Å². The average molecular weight is 612 g/mol. The third-order valence-electron chi connectivity index (χ3n) is 6.97. The van der Waals surface area contributed by atoms with E-state index in [4.69, 9.17) is 11.6 Å². The predicted molar refractivity (Wildman–Crippen MR) is 171 cm³/mol. The van der Waals surface area contributed by atoms with E-state index < -0.39 is 21.6 Å². The van der Waals surface area contributed by atoms with Crippen LogP contribution in [-0.2, 0) is 32.6 Å². The highest BCUT2D eigenvalue weighted by molar-refractivity contribution is 7.92. The number of aryl methyl sites for hydroxylation is 2. The first-order valence-corrected chi connectivity index (χ1v) is 16.3. The Morgan fingerprint density at radius 2 is 1.55 bits per heavy atom. The van der Waals surface area contributed by atoms with Gasteiger partial charge in [0.15, 0.2) is 0 Å². The van der Waals surface area contributed by atoms with Crippen LogP contribution in [0.3, 0.4) is 0 Å². The van der Waals surface area contributed by atoms with Gasteiger partial charge < -0.3 is 10.2 Å². The van der Waals surface area contributed by atoms with Gasteiger partial charge in [0.1, 0.15) is 6.04 Å². The maximum Gasteiger partial charge on any atom is 0.243 e. The molecule has 42 heavy (non-hydrogen) atoms. The highest BCUT2D eigenvalue weighted by Gasteiger charge is 2.32. The summed E-state index contributed by atoms with van der Waals surface area (Å²) in [5, 5.41) is 3.63. The van der Waals surface area contributed by atoms with E-state index in [-0.39, 0.29) is 37.7 Å². The van der Waals surface area contributed by atoms with Crippen molar-refractivity contribution in [1.29, 1.82) is 0 Å². The summed E-state index contributed by atoms with van der Waals surface area (Å²) in [5.41, 5.74) is 3.89. The number of hydrogen-bond donors (Lipinski definition) is 1. The summed E-state index contributed by atoms with van der Waals surface area (Å²) < 4.78 is 26.8. The molecule has 9 heteroatoms. The van der Waals surface area contributed by atoms with Gasteiger partial charge in [0.05, 0.1) is 11.9 Å². The van der Waals surface area contributed by atoms with Gasteiger partial charge in [0.25, 0.3) is 0 Å². The van der Waals surface area contributed by atoms with Gasteiger partial charge in [-0.25, -0.2) is 8.42 Å². The normalized spacial score (nSPS) is 12.5. The molecule has 3 rings (SSSR count). The summed E-state index contributed by atoms with van der Waals surface area (Å²) in [4.78, 5) is 29.2. The van der Waals surface area contributed by atoms with Crippen molar-refractivity contribution in [3.8, 4) is 0 Å². The molecule has 3 aromatic carbocycles. The van der Waals surface area contributed by atoms with Crippen LogP contribution < -0.4 is 9.62 Å². The van der Waals surface area contributed by atoms with Gasteiger partial charge >= 0.3 is 0 Å². The molecule has 0 heterocycles. The maximum atomic E-state index is 13.9. The Kier molecular flexibility index (Phi) is 11.2. The monoisotopic (exact) mass is 611 g/mol. The lowest BCUT2D eigenvalue weighted by Crippen LogP contribution is -2.54. The molecule has 0 aliphatic carbocycles. The smallest absolute Gasteiger partial charge is 0.243 e. The number of sulfonamides is 1. The Labute approximate surface area is 255 Å². The Balaban J connectivity index is 1.90. The number of anilines is 1. The van der Waals surface area contributed by atoms with Gasteiger partial charge in [0.2, 0.25) is 21.8 Å². The van der Waals surface area contributed by atoms with E-state index in [0.717, 1.165) is 22.3 Å². The first kappa shape index (κ1) is 33.1. The number of rotatable bonds is 12. The molecule has 7 nitrogen and oxygen atoms in total. The molecule has 0 aromatic heterocycles. The third kappa shape index (κ3) is 9.88. The van der Waals surface area contributed by atoms with Gasteiger partial charge in [-0.2, -0.15) is 0 Å². The summed E-state index contributed by atoms with van der Waals surface area (Å²) >= 11 is 6.11. The minimum Gasteiger partial charge on any atom is -0.350 e. The summed E-state index contributed by atoms with van der Waals surface area (Å²) in [5.74, 6) is -0.481. The number of benzene rings is 3. The topological polar surface area (TPSA) is 86.8 Å². The van der Waals surface area contributed by atoms with Crippen LogP contribution in [0.15, 0.2) is 72.8 Å². The quantitative estimate of drug-likeness (QED) is 0.270. The lowest BCUT2D eigenvalue weighted by Gasteiger charge is -2.34. The highest BCUT2D eigenvalue weighted by Crippen LogP contribution is 2.23. The Morgan fingerprint density at radius 1 is 0.905 bits per heavy atom. The number of halogens is 1. The Bertz CT molecular complexity index is 1470. The molecular formula is C33H42ClN3O4S. The maximum absolute atomic E-state index is 13.9. The van der Waals surface area contributed by atoms with E-state index >= 15 is 0 Å². The molecule has 2 amide bonds. The summed E-state index contributed by atoms with van der Waals surface area (Å²) in [6.07, 6.45) is 1.86. The molecule has 1 atom stereocenters. The zero-order valence-electron chi connectivity index (χ0n) is 25.4. The zero-order valence-corrected chi connectivity index (χ0v) is 26.9. The number of nitrogens with zero attached hydrogens (tertiary/aromatic N) is 2. The van der Waals surface area contributed by atoms with Gasteiger partial charge in [-0.15, -0.1) is 0 Å². The number of carbonyl (C=O) groups is 2. The van der Waals surface area contributed by atoms with E-state index in [1.807, 2.05) is 89.2 Å². The van der Waals surface area contributed by atoms with Crippen molar-refractivity contribution in [1.82, 2.24) is 10.2 Å². The number of hydrogen-bond acceptors (Lipinski definition) is 4. The molecule has 0 bridgehead atoms. The van der Waals surface area contributed by atoms with E-state index in [1.165, 1.54) is 10.6 Å². The van der Waals surface area contributed by atoms with Crippen LogP contribution in [0, 0.1) is 13.8 Å². The van der Waals surface area contributed by atoms with Gasteiger partial charge in [-0.1, -0.05) is 60.1 Å². The average Bonchev–Trinajstić information content (AvgIpc) is 2.90. The van der Waals surface area contributed by atoms with Crippen molar-refractivity contribution in [3.05, 3.63) is 100 Å². The van der Waals surface area contributed by atoms with Crippen LogP contribution in [0.25, 0.3) is 0 Å². The molecule has 1 N–H and O–H groups in total. The second kappa shape index (κ2) is 14.2. The van der Waals surface area contributed by atoms with Crippen LogP contribution in [0.4, 0.5) is 5.69 Å². The second-order valence-electron chi connectivity index (χ2n) is 11.8. The van der Waals surface area contributed by atoms with Crippen molar-refractivity contribution in [2.45, 2.75) is 72.0 Å². The fourth-order valence-electron chi connectivity index (χ4n) is 4.68. The summed E-state index contributed by atoms with van der Waals surface area (Å²) in [7, 11) is -3.58. The van der Waals surface area contributed by atoms with Gasteiger partial charge in [-0.3, -0.25) is 13.9 Å². The molecule has 0 aliphatic rings. The van der Waals surface area contributed by atoms with Gasteiger partial charge in [0, 0.05) is 36.5 Å². The van der Waals surface area contributed by atoms with Crippen molar-refractivity contribution < 1.29 is 18.0 Å². The number of nitrogens with one attached hydrogen (secondary N) is 1. The van der Waals surface area contributed by atoms with Crippen molar-refractivity contribution >= 4 is 39.1 Å². The molecule has 0 aliphatic heterocycles. The van der Waals surface area contributed by atoms with E-state index in [0.29, 0.717) is 17.1 Å². The Morgan fingerprint density at radius 3 is 2.12 bits per heavy atom. The minimum absolute atomic E-state index is 0.0680. The molecule has 0 saturated heterocycles. The summed E-state index contributed by atoms with van der Waals surface area (Å²) in [6, 6.07) is 21.6. The van der Waals surface area contributed by atoms with Crippen LogP contribution in [-0.4, -0.2) is 49.5 Å². The number of carbonyl (C=O) groups excluding carboxylic acids is 2. The van der Waals surface area contributed by atoms with Gasteiger partial charge in [-0.05, 0) is 87.6 Å². The molecule has 0 fully saturated rings. The van der Waals surface area contributed by atoms with Crippen LogP contribution >= 0.6 is 11.6 Å². The fraction of sp³-hybridized carbons (Fsp3) is 0.394. The van der Waals surface area contributed by atoms with Crippen LogP contribution in [0.1, 0.15) is 55.9 Å². The lowest BCUT2D eigenvalue weighted by atomic mass is 10.00. The molecule has 0 spiro atoms. The molecular weight excluding hydrogens is 570 g/mol. The van der Waals surface area contributed by atoms with E-state index in [9.17, 15) is 18.0 Å². The molecule has 226 valence electrons. The van der Waals surface area contributed by atoms with Crippen LogP contribution in [0.5, 0.6) is 0 Å². The first-order chi connectivity index (χ1) is 19.6. The largest absolute Gasteiger partial charge is 0.350 e. The Hall–Kier alpha value is -3.36. The first-order valence-electron chi connectivity index (χ1n) is 14.1. The standard InChI is InChI=1S/C33H42ClN3O4S/c1-24-14-19-29(21-25(24)2)37(42(6,40)41)20-10-13-31(38)36(23-27-15-17-28(34)18-16-27)30(32(39)35-33(3,4)5)22-26-11-8-7-9-12-26/h7-9,11-12,14-19,21,30H,10,13,20,22-23H2,1-6H3,(H,35,39)/t30-/m1/s1. The molecule has 0 unspecified atom stereocenters. The van der Waals surface area contributed by atoms with Crippen LogP contribution in [0.2, 0.25) is 5.02 Å².